The first-order valence-corrected chi connectivity index (χ1v) is 10.2. The molecular weight excluding hydrogens is 380 g/mol. The van der Waals surface area contributed by atoms with Gasteiger partial charge in [-0.15, -0.1) is 0 Å². The summed E-state index contributed by atoms with van der Waals surface area (Å²) in [5, 5.41) is 15.1. The number of nitrogens with zero attached hydrogens (tertiary/aromatic N) is 5. The summed E-state index contributed by atoms with van der Waals surface area (Å²) < 4.78 is 7.74. The molecule has 1 atom stereocenters. The SMILES string of the molecule is CCNC(=NCC(C)Oc1ccccc1C)NCCNc1ncnc2c1cnn2C. The lowest BCUT2D eigenvalue weighted by Crippen LogP contribution is -2.40. The number of hydrogen-bond donors (Lipinski definition) is 3. The van der Waals surface area contributed by atoms with Gasteiger partial charge in [-0.2, -0.15) is 5.10 Å². The number of aromatic nitrogens is 4. The molecular formula is C21H30N8O. The molecule has 1 aromatic carbocycles. The molecule has 3 rings (SSSR count). The fourth-order valence-electron chi connectivity index (χ4n) is 2.97. The highest BCUT2D eigenvalue weighted by molar-refractivity contribution is 5.86. The summed E-state index contributed by atoms with van der Waals surface area (Å²) in [5.41, 5.74) is 1.93. The van der Waals surface area contributed by atoms with Crippen LogP contribution in [0.5, 0.6) is 5.75 Å². The van der Waals surface area contributed by atoms with Gasteiger partial charge in [-0.05, 0) is 32.4 Å². The van der Waals surface area contributed by atoms with Gasteiger partial charge >= 0.3 is 0 Å². The number of benzene rings is 1. The number of para-hydroxylation sites is 1. The first-order valence-electron chi connectivity index (χ1n) is 10.2. The predicted molar refractivity (Wildman–Crippen MR) is 120 cm³/mol. The fraction of sp³-hybridized carbons (Fsp3) is 0.429. The molecule has 0 fully saturated rings. The number of hydrogen-bond acceptors (Lipinski definition) is 6. The molecule has 2 aromatic heterocycles. The molecule has 0 saturated carbocycles. The first kappa shape index (κ1) is 21.4. The summed E-state index contributed by atoms with van der Waals surface area (Å²) in [6, 6.07) is 8.01. The van der Waals surface area contributed by atoms with Gasteiger partial charge in [0, 0.05) is 26.7 Å². The summed E-state index contributed by atoms with van der Waals surface area (Å²) in [6.07, 6.45) is 3.28. The van der Waals surface area contributed by atoms with Gasteiger partial charge in [-0.1, -0.05) is 18.2 Å². The Labute approximate surface area is 177 Å². The van der Waals surface area contributed by atoms with E-state index in [0.717, 1.165) is 40.7 Å². The summed E-state index contributed by atoms with van der Waals surface area (Å²) >= 11 is 0. The van der Waals surface area contributed by atoms with Crippen LogP contribution in [0.3, 0.4) is 0 Å². The van der Waals surface area contributed by atoms with Gasteiger partial charge in [0.1, 0.15) is 24.0 Å². The molecule has 0 amide bonds. The zero-order chi connectivity index (χ0) is 21.3. The molecule has 0 aliphatic rings. The monoisotopic (exact) mass is 410 g/mol. The van der Waals surface area contributed by atoms with E-state index in [1.807, 2.05) is 52.1 Å². The third kappa shape index (κ3) is 5.59. The zero-order valence-electron chi connectivity index (χ0n) is 18.0. The van der Waals surface area contributed by atoms with Crippen LogP contribution in [0.25, 0.3) is 11.0 Å². The molecule has 0 radical (unpaired) electrons. The van der Waals surface area contributed by atoms with Gasteiger partial charge in [-0.25, -0.2) is 15.0 Å². The summed E-state index contributed by atoms with van der Waals surface area (Å²) in [7, 11) is 1.86. The van der Waals surface area contributed by atoms with Gasteiger partial charge in [0.05, 0.1) is 18.1 Å². The molecule has 160 valence electrons. The molecule has 9 heteroatoms. The van der Waals surface area contributed by atoms with Crippen LogP contribution in [0.15, 0.2) is 41.8 Å². The summed E-state index contributed by atoms with van der Waals surface area (Å²) in [5.74, 6) is 2.43. The van der Waals surface area contributed by atoms with Crippen LogP contribution in [-0.2, 0) is 7.05 Å². The Morgan fingerprint density at radius 3 is 2.83 bits per heavy atom. The number of aliphatic imine (C=N–C) groups is 1. The lowest BCUT2D eigenvalue weighted by molar-refractivity contribution is 0.228. The number of ether oxygens (including phenoxy) is 1. The number of nitrogens with one attached hydrogen (secondary N) is 3. The van der Waals surface area contributed by atoms with Crippen LogP contribution >= 0.6 is 0 Å². The number of anilines is 1. The molecule has 1 unspecified atom stereocenters. The lowest BCUT2D eigenvalue weighted by Gasteiger charge is -2.16. The van der Waals surface area contributed by atoms with Gasteiger partial charge in [0.25, 0.3) is 0 Å². The van der Waals surface area contributed by atoms with E-state index in [-0.39, 0.29) is 6.10 Å². The first-order chi connectivity index (χ1) is 14.6. The largest absolute Gasteiger partial charge is 0.489 e. The van der Waals surface area contributed by atoms with Crippen molar-refractivity contribution in [3.63, 3.8) is 0 Å². The van der Waals surface area contributed by atoms with E-state index in [4.69, 9.17) is 4.74 Å². The maximum Gasteiger partial charge on any atom is 0.191 e. The van der Waals surface area contributed by atoms with E-state index < -0.39 is 0 Å². The zero-order valence-corrected chi connectivity index (χ0v) is 18.0. The van der Waals surface area contributed by atoms with Crippen molar-refractivity contribution >= 4 is 22.8 Å². The molecule has 3 aromatic rings. The van der Waals surface area contributed by atoms with E-state index in [1.54, 1.807) is 17.2 Å². The lowest BCUT2D eigenvalue weighted by atomic mass is 10.2. The Hall–Kier alpha value is -3.36. The van der Waals surface area contributed by atoms with Crippen molar-refractivity contribution in [2.75, 3.05) is 31.5 Å². The summed E-state index contributed by atoms with van der Waals surface area (Å²) in [6.45, 7) is 8.82. The highest BCUT2D eigenvalue weighted by atomic mass is 16.5. The number of fused-ring (bicyclic) bond motifs is 1. The van der Waals surface area contributed by atoms with Crippen molar-refractivity contribution in [1.29, 1.82) is 0 Å². The Kier molecular flexibility index (Phi) is 7.42. The Balaban J connectivity index is 1.49. The number of guanidine groups is 1. The topological polar surface area (TPSA) is 101 Å². The maximum absolute atomic E-state index is 6.00. The molecule has 0 aliphatic heterocycles. The van der Waals surface area contributed by atoms with Crippen LogP contribution in [0.1, 0.15) is 19.4 Å². The smallest absolute Gasteiger partial charge is 0.191 e. The van der Waals surface area contributed by atoms with Gasteiger partial charge in [-0.3, -0.25) is 4.68 Å². The number of aryl methyl sites for hydroxylation is 2. The van der Waals surface area contributed by atoms with Crippen molar-refractivity contribution in [2.24, 2.45) is 12.0 Å². The minimum atomic E-state index is -0.0282. The second-order valence-electron chi connectivity index (χ2n) is 6.99. The van der Waals surface area contributed by atoms with Crippen LogP contribution in [0.2, 0.25) is 0 Å². The maximum atomic E-state index is 6.00. The molecule has 0 spiro atoms. The fourth-order valence-corrected chi connectivity index (χ4v) is 2.97. The highest BCUT2D eigenvalue weighted by Crippen LogP contribution is 2.18. The van der Waals surface area contributed by atoms with E-state index in [2.05, 4.69) is 36.0 Å². The molecule has 9 nitrogen and oxygen atoms in total. The molecule has 0 aliphatic carbocycles. The predicted octanol–water partition coefficient (Wildman–Crippen LogP) is 2.11. The second kappa shape index (κ2) is 10.4. The quantitative estimate of drug-likeness (QED) is 0.282. The van der Waals surface area contributed by atoms with Crippen molar-refractivity contribution in [3.8, 4) is 5.75 Å². The highest BCUT2D eigenvalue weighted by Gasteiger charge is 2.08. The second-order valence-corrected chi connectivity index (χ2v) is 6.99. The van der Waals surface area contributed by atoms with Gasteiger partial charge in [0.2, 0.25) is 0 Å². The Morgan fingerprint density at radius 2 is 2.03 bits per heavy atom. The minimum Gasteiger partial charge on any atom is -0.489 e. The average molecular weight is 411 g/mol. The van der Waals surface area contributed by atoms with Crippen LogP contribution in [0.4, 0.5) is 5.82 Å². The van der Waals surface area contributed by atoms with E-state index >= 15 is 0 Å². The van der Waals surface area contributed by atoms with Crippen molar-refractivity contribution in [3.05, 3.63) is 42.4 Å². The number of rotatable bonds is 9. The molecule has 30 heavy (non-hydrogen) atoms. The molecule has 0 bridgehead atoms. The van der Waals surface area contributed by atoms with Crippen LogP contribution < -0.4 is 20.7 Å². The Bertz CT molecular complexity index is 984. The van der Waals surface area contributed by atoms with Crippen LogP contribution in [-0.4, -0.2) is 58.0 Å². The Morgan fingerprint density at radius 1 is 1.20 bits per heavy atom. The minimum absolute atomic E-state index is 0.0282. The average Bonchev–Trinajstić information content (AvgIpc) is 3.12. The molecule has 0 saturated heterocycles. The van der Waals surface area contributed by atoms with E-state index in [0.29, 0.717) is 19.6 Å². The van der Waals surface area contributed by atoms with E-state index in [1.165, 1.54) is 0 Å². The van der Waals surface area contributed by atoms with Crippen molar-refractivity contribution < 1.29 is 4.74 Å². The molecule has 2 heterocycles. The van der Waals surface area contributed by atoms with Crippen molar-refractivity contribution in [1.82, 2.24) is 30.4 Å². The third-order valence-corrected chi connectivity index (χ3v) is 4.51. The van der Waals surface area contributed by atoms with Gasteiger partial charge in [0.15, 0.2) is 11.6 Å². The molecule has 3 N–H and O–H groups in total. The normalized spacial score (nSPS) is 12.6. The van der Waals surface area contributed by atoms with Gasteiger partial charge < -0.3 is 20.7 Å². The van der Waals surface area contributed by atoms with E-state index in [9.17, 15) is 0 Å². The summed E-state index contributed by atoms with van der Waals surface area (Å²) in [4.78, 5) is 13.2. The standard InChI is InChI=1S/C21H30N8O/c1-5-22-21(25-12-16(3)30-18-9-7-6-8-15(18)2)24-11-10-23-19-17-13-28-29(4)20(17)27-14-26-19/h6-9,13-14,16H,5,10-12H2,1-4H3,(H2,22,24,25)(H,23,26,27). The third-order valence-electron chi connectivity index (χ3n) is 4.51. The van der Waals surface area contributed by atoms with Crippen molar-refractivity contribution in [2.45, 2.75) is 26.9 Å². The van der Waals surface area contributed by atoms with Crippen LogP contribution in [0, 0.1) is 6.92 Å².